The maximum atomic E-state index is 12.2. The maximum Gasteiger partial charge on any atom is 0.261 e. The van der Waals surface area contributed by atoms with E-state index in [9.17, 15) is 4.79 Å². The second-order valence-corrected chi connectivity index (χ2v) is 5.94. The molecular weight excluding hydrogens is 298 g/mol. The van der Waals surface area contributed by atoms with Gasteiger partial charge in [-0.05, 0) is 24.1 Å². The molecule has 1 amide bonds. The summed E-state index contributed by atoms with van der Waals surface area (Å²) in [5.41, 5.74) is 2.21. The number of nitrogens with one attached hydrogen (secondary N) is 1. The number of carbonyl (C=O) groups excluding carboxylic acids is 1. The normalized spacial score (nSPS) is 10.6. The molecule has 22 heavy (non-hydrogen) atoms. The Morgan fingerprint density at radius 2 is 2.00 bits per heavy atom. The van der Waals surface area contributed by atoms with Crippen molar-refractivity contribution in [2.75, 3.05) is 0 Å². The van der Waals surface area contributed by atoms with Crippen LogP contribution in [0.5, 0.6) is 0 Å². The van der Waals surface area contributed by atoms with Crippen LogP contribution in [0.3, 0.4) is 0 Å². The second-order valence-electron chi connectivity index (χ2n) is 4.89. The van der Waals surface area contributed by atoms with E-state index in [-0.39, 0.29) is 12.5 Å². The molecule has 0 unspecified atom stereocenters. The van der Waals surface area contributed by atoms with Crippen molar-refractivity contribution < 1.29 is 9.21 Å². The van der Waals surface area contributed by atoms with Crippen LogP contribution in [0.4, 0.5) is 0 Å². The van der Waals surface area contributed by atoms with Crippen LogP contribution in [0.1, 0.15) is 27.0 Å². The van der Waals surface area contributed by atoms with Crippen LogP contribution in [0.2, 0.25) is 0 Å². The maximum absolute atomic E-state index is 12.2. The number of carbonyl (C=O) groups is 1. The van der Waals surface area contributed by atoms with Gasteiger partial charge >= 0.3 is 0 Å². The Labute approximate surface area is 132 Å². The molecule has 5 nitrogen and oxygen atoms in total. The minimum absolute atomic E-state index is 0.133. The van der Waals surface area contributed by atoms with Crippen molar-refractivity contribution in [2.45, 2.75) is 20.4 Å². The molecule has 0 spiro atoms. The Morgan fingerprint density at radius 3 is 2.68 bits per heavy atom. The predicted octanol–water partition coefficient (Wildman–Crippen LogP) is 3.34. The Bertz CT molecular complexity index is 793. The highest BCUT2D eigenvalue weighted by molar-refractivity contribution is 7.17. The van der Waals surface area contributed by atoms with Crippen LogP contribution >= 0.6 is 11.3 Å². The molecule has 2 heterocycles. The summed E-state index contributed by atoms with van der Waals surface area (Å²) in [5.74, 6) is 0.760. The smallest absolute Gasteiger partial charge is 0.261 e. The lowest BCUT2D eigenvalue weighted by Crippen LogP contribution is -2.21. The van der Waals surface area contributed by atoms with Crippen molar-refractivity contribution in [3.05, 3.63) is 58.6 Å². The molecule has 1 N–H and O–H groups in total. The zero-order valence-corrected chi connectivity index (χ0v) is 13.1. The molecule has 112 valence electrons. The van der Waals surface area contributed by atoms with Crippen LogP contribution in [0.15, 0.2) is 40.8 Å². The first-order valence-corrected chi connectivity index (χ1v) is 7.68. The van der Waals surface area contributed by atoms with E-state index in [0.717, 1.165) is 16.0 Å². The average molecular weight is 313 g/mol. The van der Waals surface area contributed by atoms with Crippen molar-refractivity contribution in [1.29, 1.82) is 0 Å². The van der Waals surface area contributed by atoms with Crippen molar-refractivity contribution in [2.24, 2.45) is 0 Å². The van der Waals surface area contributed by atoms with Gasteiger partial charge in [0, 0.05) is 11.8 Å². The van der Waals surface area contributed by atoms with Gasteiger partial charge in [-0.1, -0.05) is 30.3 Å². The Hall–Kier alpha value is -2.47. The fourth-order valence-corrected chi connectivity index (χ4v) is 3.22. The molecule has 2 aromatic heterocycles. The predicted molar refractivity (Wildman–Crippen MR) is 84.7 cm³/mol. The van der Waals surface area contributed by atoms with E-state index in [4.69, 9.17) is 4.42 Å². The number of amides is 1. The van der Waals surface area contributed by atoms with E-state index in [1.54, 1.807) is 6.92 Å². The number of nitrogens with zero attached hydrogens (tertiary/aromatic N) is 2. The lowest BCUT2D eigenvalue weighted by molar-refractivity contribution is 0.0951. The summed E-state index contributed by atoms with van der Waals surface area (Å²) >= 11 is 1.48. The fourth-order valence-electron chi connectivity index (χ4n) is 2.12. The number of thiophene rings is 1. The fraction of sp³-hybridized carbons (Fsp3) is 0.188. The number of benzene rings is 1. The average Bonchev–Trinajstić information content (AvgIpc) is 3.12. The molecule has 3 aromatic rings. The third kappa shape index (κ3) is 3.07. The molecule has 3 rings (SSSR count). The van der Waals surface area contributed by atoms with E-state index in [1.165, 1.54) is 11.3 Å². The van der Waals surface area contributed by atoms with Gasteiger partial charge in [-0.25, -0.2) is 0 Å². The summed E-state index contributed by atoms with van der Waals surface area (Å²) in [6, 6.07) is 12.0. The van der Waals surface area contributed by atoms with Crippen LogP contribution in [-0.4, -0.2) is 16.1 Å². The molecule has 0 aliphatic rings. The van der Waals surface area contributed by atoms with Crippen LogP contribution in [0, 0.1) is 13.8 Å². The SMILES string of the molecule is Cc1nnc(CNC(=O)c2cc(C)c(-c3ccccc3)s2)o1. The Kier molecular flexibility index (Phi) is 4.02. The van der Waals surface area contributed by atoms with Gasteiger partial charge in [0.1, 0.15) is 0 Å². The van der Waals surface area contributed by atoms with Gasteiger partial charge in [0.25, 0.3) is 5.91 Å². The molecule has 6 heteroatoms. The summed E-state index contributed by atoms with van der Waals surface area (Å²) in [7, 11) is 0. The van der Waals surface area contributed by atoms with Gasteiger partial charge in [0.05, 0.1) is 11.4 Å². The van der Waals surface area contributed by atoms with Crippen molar-refractivity contribution >= 4 is 17.2 Å². The molecular formula is C16H15N3O2S. The monoisotopic (exact) mass is 313 g/mol. The third-order valence-electron chi connectivity index (χ3n) is 3.15. The number of rotatable bonds is 4. The molecule has 0 saturated carbocycles. The largest absolute Gasteiger partial charge is 0.424 e. The number of aromatic nitrogens is 2. The minimum atomic E-state index is -0.133. The van der Waals surface area contributed by atoms with Gasteiger partial charge in [-0.2, -0.15) is 0 Å². The van der Waals surface area contributed by atoms with E-state index in [2.05, 4.69) is 15.5 Å². The van der Waals surface area contributed by atoms with Crippen molar-refractivity contribution in [1.82, 2.24) is 15.5 Å². The quantitative estimate of drug-likeness (QED) is 0.802. The van der Waals surface area contributed by atoms with Gasteiger partial charge in [-0.15, -0.1) is 21.5 Å². The van der Waals surface area contributed by atoms with E-state index < -0.39 is 0 Å². The van der Waals surface area contributed by atoms with Gasteiger partial charge in [0.15, 0.2) is 0 Å². The molecule has 0 aliphatic heterocycles. The molecule has 0 bridgehead atoms. The summed E-state index contributed by atoms with van der Waals surface area (Å²) < 4.78 is 5.23. The highest BCUT2D eigenvalue weighted by atomic mass is 32.1. The molecule has 1 aromatic carbocycles. The lowest BCUT2D eigenvalue weighted by Gasteiger charge is -1.99. The summed E-state index contributed by atoms with van der Waals surface area (Å²) in [6.45, 7) is 3.96. The van der Waals surface area contributed by atoms with E-state index in [0.29, 0.717) is 16.7 Å². The summed E-state index contributed by atoms with van der Waals surface area (Å²) in [5, 5.41) is 10.4. The molecule has 0 aliphatic carbocycles. The highest BCUT2D eigenvalue weighted by Crippen LogP contribution is 2.32. The molecule has 0 atom stereocenters. The first-order valence-electron chi connectivity index (χ1n) is 6.86. The number of hydrogen-bond donors (Lipinski definition) is 1. The number of aryl methyl sites for hydroxylation is 2. The third-order valence-corrected chi connectivity index (χ3v) is 4.43. The molecule has 0 radical (unpaired) electrons. The summed E-state index contributed by atoms with van der Waals surface area (Å²) in [4.78, 5) is 14.0. The van der Waals surface area contributed by atoms with Gasteiger partial charge in [0.2, 0.25) is 11.8 Å². The van der Waals surface area contributed by atoms with Gasteiger partial charge in [-0.3, -0.25) is 4.79 Å². The van der Waals surface area contributed by atoms with Crippen LogP contribution < -0.4 is 5.32 Å². The highest BCUT2D eigenvalue weighted by Gasteiger charge is 2.14. The summed E-state index contributed by atoms with van der Waals surface area (Å²) in [6.07, 6.45) is 0. The molecule has 0 saturated heterocycles. The zero-order chi connectivity index (χ0) is 15.5. The Balaban J connectivity index is 1.73. The lowest BCUT2D eigenvalue weighted by atomic mass is 10.1. The first kappa shape index (κ1) is 14.5. The van der Waals surface area contributed by atoms with Crippen molar-refractivity contribution in [3.8, 4) is 10.4 Å². The Morgan fingerprint density at radius 1 is 1.23 bits per heavy atom. The van der Waals surface area contributed by atoms with E-state index in [1.807, 2.05) is 43.3 Å². The zero-order valence-electron chi connectivity index (χ0n) is 12.3. The topological polar surface area (TPSA) is 68.0 Å². The molecule has 0 fully saturated rings. The van der Waals surface area contributed by atoms with Crippen molar-refractivity contribution in [3.63, 3.8) is 0 Å². The standard InChI is InChI=1S/C16H15N3O2S/c1-10-8-13(22-15(10)12-6-4-3-5-7-12)16(20)17-9-14-19-18-11(2)21-14/h3-8H,9H2,1-2H3,(H,17,20). The first-order chi connectivity index (χ1) is 10.6. The number of hydrogen-bond acceptors (Lipinski definition) is 5. The second kappa shape index (κ2) is 6.11. The van der Waals surface area contributed by atoms with E-state index >= 15 is 0 Å². The van der Waals surface area contributed by atoms with Gasteiger partial charge < -0.3 is 9.73 Å². The van der Waals surface area contributed by atoms with Crippen LogP contribution in [-0.2, 0) is 6.54 Å². The van der Waals surface area contributed by atoms with Crippen LogP contribution in [0.25, 0.3) is 10.4 Å². The minimum Gasteiger partial charge on any atom is -0.424 e.